The minimum Gasteiger partial charge on any atom is -0.400 e. The Balaban J connectivity index is 1.77. The molecule has 0 saturated carbocycles. The third kappa shape index (κ3) is 4.46. The van der Waals surface area contributed by atoms with E-state index < -0.39 is 0 Å². The van der Waals surface area contributed by atoms with Crippen molar-refractivity contribution in [1.29, 1.82) is 0 Å². The van der Waals surface area contributed by atoms with E-state index in [2.05, 4.69) is 94.4 Å². The molecule has 0 aliphatic carbocycles. The maximum absolute atomic E-state index is 6.31. The van der Waals surface area contributed by atoms with Gasteiger partial charge in [-0.15, -0.1) is 0 Å². The topological polar surface area (TPSA) is 18.5 Å². The normalized spacial score (nSPS) is 18.9. The highest BCUT2D eigenvalue weighted by molar-refractivity contribution is 6.54. The molecule has 2 aromatic rings. The van der Waals surface area contributed by atoms with E-state index in [0.717, 1.165) is 19.3 Å². The molecule has 0 N–H and O–H groups in total. The van der Waals surface area contributed by atoms with Gasteiger partial charge in [-0.1, -0.05) is 66.7 Å². The molecular weight excluding hydrogens is 319 g/mol. The molecule has 1 fully saturated rings. The molecule has 0 atom stereocenters. The Morgan fingerprint density at radius 1 is 0.808 bits per heavy atom. The van der Waals surface area contributed by atoms with E-state index in [0.29, 0.717) is 0 Å². The third-order valence-electron chi connectivity index (χ3n) is 5.54. The van der Waals surface area contributed by atoms with Gasteiger partial charge in [0.25, 0.3) is 0 Å². The first-order chi connectivity index (χ1) is 12.4. The quantitative estimate of drug-likeness (QED) is 0.649. The van der Waals surface area contributed by atoms with Crippen molar-refractivity contribution >= 4 is 7.12 Å². The van der Waals surface area contributed by atoms with Gasteiger partial charge in [0.05, 0.1) is 11.2 Å². The fraction of sp³-hybridized carbons (Fsp3) is 0.391. The maximum Gasteiger partial charge on any atom is 0.490 e. The Labute approximate surface area is 158 Å². The Morgan fingerprint density at radius 2 is 1.31 bits per heavy atom. The summed E-state index contributed by atoms with van der Waals surface area (Å²) in [6.07, 6.45) is 5.12. The lowest BCUT2D eigenvalue weighted by Gasteiger charge is -2.32. The number of hydrogen-bond donors (Lipinski definition) is 0. The van der Waals surface area contributed by atoms with Crippen molar-refractivity contribution in [2.24, 2.45) is 0 Å². The van der Waals surface area contributed by atoms with Crippen LogP contribution in [0.3, 0.4) is 0 Å². The summed E-state index contributed by atoms with van der Waals surface area (Å²) in [6.45, 7) is 8.44. The predicted molar refractivity (Wildman–Crippen MR) is 109 cm³/mol. The minimum absolute atomic E-state index is 0.271. The van der Waals surface area contributed by atoms with E-state index in [-0.39, 0.29) is 18.3 Å². The zero-order chi connectivity index (χ0) is 18.6. The minimum atomic E-state index is -0.309. The van der Waals surface area contributed by atoms with Gasteiger partial charge in [0.2, 0.25) is 0 Å². The maximum atomic E-state index is 6.31. The summed E-state index contributed by atoms with van der Waals surface area (Å²) >= 11 is 0. The lowest BCUT2D eigenvalue weighted by molar-refractivity contribution is 0.00578. The second-order valence-corrected chi connectivity index (χ2v) is 8.04. The molecule has 0 amide bonds. The summed E-state index contributed by atoms with van der Waals surface area (Å²) in [5.74, 6) is 0. The van der Waals surface area contributed by atoms with Crippen molar-refractivity contribution in [3.05, 3.63) is 83.3 Å². The number of rotatable bonds is 6. The SMILES string of the molecule is CC1(C)OB(/C(=C\Cc2ccccc2)CCc2ccccc2)OC1(C)C. The van der Waals surface area contributed by atoms with Gasteiger partial charge in [-0.25, -0.2) is 0 Å². The molecule has 0 unspecified atom stereocenters. The van der Waals surface area contributed by atoms with Crippen LogP contribution in [0.15, 0.2) is 72.2 Å². The molecule has 2 aromatic carbocycles. The molecule has 3 rings (SSSR count). The van der Waals surface area contributed by atoms with Crippen LogP contribution in [0.5, 0.6) is 0 Å². The summed E-state index contributed by atoms with van der Waals surface area (Å²) in [5, 5.41) is 0. The van der Waals surface area contributed by atoms with Crippen LogP contribution in [0.4, 0.5) is 0 Å². The molecule has 136 valence electrons. The van der Waals surface area contributed by atoms with Gasteiger partial charge < -0.3 is 9.31 Å². The van der Waals surface area contributed by atoms with Gasteiger partial charge in [-0.2, -0.15) is 0 Å². The number of allylic oxidation sites excluding steroid dienone is 2. The third-order valence-corrected chi connectivity index (χ3v) is 5.54. The molecule has 1 aliphatic rings. The summed E-state index contributed by atoms with van der Waals surface area (Å²) < 4.78 is 12.6. The Hall–Kier alpha value is -1.84. The van der Waals surface area contributed by atoms with Crippen LogP contribution >= 0.6 is 0 Å². The van der Waals surface area contributed by atoms with Crippen LogP contribution in [0.2, 0.25) is 0 Å². The fourth-order valence-electron chi connectivity index (χ4n) is 3.11. The van der Waals surface area contributed by atoms with Gasteiger partial charge in [0, 0.05) is 0 Å². The van der Waals surface area contributed by atoms with E-state index in [1.807, 2.05) is 0 Å². The summed E-state index contributed by atoms with van der Waals surface area (Å²) in [5.41, 5.74) is 3.26. The molecule has 0 bridgehead atoms. The number of benzene rings is 2. The zero-order valence-corrected chi connectivity index (χ0v) is 16.4. The highest BCUT2D eigenvalue weighted by Gasteiger charge is 2.52. The van der Waals surface area contributed by atoms with E-state index >= 15 is 0 Å². The average molecular weight is 348 g/mol. The second-order valence-electron chi connectivity index (χ2n) is 8.04. The first kappa shape index (κ1) is 18.9. The summed E-state index contributed by atoms with van der Waals surface area (Å²) in [7, 11) is -0.271. The van der Waals surface area contributed by atoms with Gasteiger partial charge in [-0.05, 0) is 63.6 Å². The van der Waals surface area contributed by atoms with E-state index in [4.69, 9.17) is 9.31 Å². The van der Waals surface area contributed by atoms with Crippen molar-refractivity contribution in [3.63, 3.8) is 0 Å². The van der Waals surface area contributed by atoms with Crippen molar-refractivity contribution in [3.8, 4) is 0 Å². The van der Waals surface area contributed by atoms with Crippen LogP contribution in [-0.2, 0) is 22.2 Å². The van der Waals surface area contributed by atoms with Crippen molar-refractivity contribution in [2.45, 2.75) is 58.2 Å². The van der Waals surface area contributed by atoms with Crippen LogP contribution in [0.1, 0.15) is 45.2 Å². The Morgan fingerprint density at radius 3 is 1.85 bits per heavy atom. The molecule has 1 heterocycles. The summed E-state index contributed by atoms with van der Waals surface area (Å²) in [4.78, 5) is 0. The molecule has 0 aromatic heterocycles. The van der Waals surface area contributed by atoms with Crippen LogP contribution < -0.4 is 0 Å². The van der Waals surface area contributed by atoms with Crippen molar-refractivity contribution in [1.82, 2.24) is 0 Å². The Kier molecular flexibility index (Phi) is 5.69. The van der Waals surface area contributed by atoms with E-state index in [9.17, 15) is 0 Å². The van der Waals surface area contributed by atoms with Crippen LogP contribution in [-0.4, -0.2) is 18.3 Å². The largest absolute Gasteiger partial charge is 0.490 e. The van der Waals surface area contributed by atoms with Crippen molar-refractivity contribution < 1.29 is 9.31 Å². The lowest BCUT2D eigenvalue weighted by atomic mass is 9.74. The van der Waals surface area contributed by atoms with E-state index in [1.165, 1.54) is 16.6 Å². The number of hydrogen-bond acceptors (Lipinski definition) is 2. The standard InChI is InChI=1S/C23H29BO2/c1-22(2)23(3,4)26-24(25-22)21(17-15-19-11-7-5-8-12-19)18-16-20-13-9-6-10-14-20/h5-14,17H,15-16,18H2,1-4H3/b21-17-. The molecule has 0 spiro atoms. The molecule has 3 heteroatoms. The zero-order valence-electron chi connectivity index (χ0n) is 16.4. The second kappa shape index (κ2) is 7.81. The van der Waals surface area contributed by atoms with Crippen LogP contribution in [0.25, 0.3) is 0 Å². The molecule has 2 nitrogen and oxygen atoms in total. The molecule has 0 radical (unpaired) electrons. The highest BCUT2D eigenvalue weighted by Crippen LogP contribution is 2.39. The lowest BCUT2D eigenvalue weighted by Crippen LogP contribution is -2.41. The first-order valence-corrected chi connectivity index (χ1v) is 9.50. The van der Waals surface area contributed by atoms with E-state index in [1.54, 1.807) is 0 Å². The molecule has 1 aliphatic heterocycles. The van der Waals surface area contributed by atoms with Gasteiger partial charge in [-0.3, -0.25) is 0 Å². The molecule has 1 saturated heterocycles. The summed E-state index contributed by atoms with van der Waals surface area (Å²) in [6, 6.07) is 21.2. The first-order valence-electron chi connectivity index (χ1n) is 9.50. The highest BCUT2D eigenvalue weighted by atomic mass is 16.7. The van der Waals surface area contributed by atoms with Gasteiger partial charge in [0.1, 0.15) is 0 Å². The molecule has 26 heavy (non-hydrogen) atoms. The van der Waals surface area contributed by atoms with Gasteiger partial charge >= 0.3 is 7.12 Å². The average Bonchev–Trinajstić information content (AvgIpc) is 2.84. The predicted octanol–water partition coefficient (Wildman–Crippen LogP) is 5.42. The Bertz CT molecular complexity index is 719. The van der Waals surface area contributed by atoms with Crippen molar-refractivity contribution in [2.75, 3.05) is 0 Å². The molecular formula is C23H29BO2. The number of aryl methyl sites for hydroxylation is 1. The van der Waals surface area contributed by atoms with Crippen LogP contribution in [0, 0.1) is 0 Å². The smallest absolute Gasteiger partial charge is 0.400 e. The monoisotopic (exact) mass is 348 g/mol. The fourth-order valence-corrected chi connectivity index (χ4v) is 3.11. The van der Waals surface area contributed by atoms with Gasteiger partial charge in [0.15, 0.2) is 0 Å².